The van der Waals surface area contributed by atoms with E-state index in [0.717, 1.165) is 40.8 Å². The fraction of sp³-hybridized carbons (Fsp3) is 0.526. The van der Waals surface area contributed by atoms with Gasteiger partial charge in [0.05, 0.1) is 18.8 Å². The second kappa shape index (κ2) is 8.42. The van der Waals surface area contributed by atoms with Crippen molar-refractivity contribution in [1.29, 1.82) is 0 Å². The van der Waals surface area contributed by atoms with Crippen molar-refractivity contribution >= 4 is 28.6 Å². The van der Waals surface area contributed by atoms with Crippen molar-refractivity contribution in [2.45, 2.75) is 38.8 Å². The first-order chi connectivity index (χ1) is 13.6. The number of anilines is 2. The van der Waals surface area contributed by atoms with Crippen molar-refractivity contribution in [2.24, 2.45) is 5.92 Å². The van der Waals surface area contributed by atoms with Gasteiger partial charge in [0.2, 0.25) is 0 Å². The number of piperidine rings is 1. The molecular formula is C19H27N7OS. The summed E-state index contributed by atoms with van der Waals surface area (Å²) in [6.07, 6.45) is 4.33. The van der Waals surface area contributed by atoms with Gasteiger partial charge in [0, 0.05) is 42.2 Å². The highest BCUT2D eigenvalue weighted by molar-refractivity contribution is 7.09. The number of nitrogens with one attached hydrogen (secondary N) is 3. The molecule has 4 N–H and O–H groups in total. The number of β-amino-alcohol motifs (C(OH)–C–C–N with tert-alkyl or cyclic N) is 1. The van der Waals surface area contributed by atoms with E-state index >= 15 is 0 Å². The number of hydrogen-bond donors (Lipinski definition) is 4. The van der Waals surface area contributed by atoms with Crippen molar-refractivity contribution in [2.75, 3.05) is 30.3 Å². The van der Waals surface area contributed by atoms with Gasteiger partial charge >= 0.3 is 0 Å². The average Bonchev–Trinajstić information content (AvgIpc) is 3.35. The number of rotatable bonds is 7. The first kappa shape index (κ1) is 19.1. The highest BCUT2D eigenvalue weighted by Gasteiger charge is 2.23. The second-order valence-corrected chi connectivity index (χ2v) is 8.48. The van der Waals surface area contributed by atoms with Crippen LogP contribution in [0.1, 0.15) is 36.8 Å². The maximum atomic E-state index is 10.2. The summed E-state index contributed by atoms with van der Waals surface area (Å²) >= 11 is 1.62. The molecule has 0 aliphatic carbocycles. The van der Waals surface area contributed by atoms with E-state index in [4.69, 9.17) is 4.98 Å². The van der Waals surface area contributed by atoms with E-state index in [1.54, 1.807) is 11.3 Å². The number of aliphatic hydroxyl groups is 1. The Kier molecular flexibility index (Phi) is 5.74. The van der Waals surface area contributed by atoms with E-state index in [1.807, 2.05) is 28.4 Å². The zero-order valence-electron chi connectivity index (χ0n) is 16.2. The zero-order valence-corrected chi connectivity index (χ0v) is 17.0. The minimum Gasteiger partial charge on any atom is -0.391 e. The van der Waals surface area contributed by atoms with Crippen molar-refractivity contribution in [3.8, 4) is 0 Å². The highest BCUT2D eigenvalue weighted by atomic mass is 32.1. The number of aromatic nitrogens is 4. The molecule has 0 radical (unpaired) electrons. The summed E-state index contributed by atoms with van der Waals surface area (Å²) in [6.45, 7) is 7.22. The zero-order chi connectivity index (χ0) is 19.5. The van der Waals surface area contributed by atoms with Crippen molar-refractivity contribution < 1.29 is 5.11 Å². The number of fused-ring (bicyclic) bond motifs is 1. The summed E-state index contributed by atoms with van der Waals surface area (Å²) < 4.78 is 1.85. The lowest BCUT2D eigenvalue weighted by atomic mass is 9.95. The van der Waals surface area contributed by atoms with Crippen LogP contribution in [0.15, 0.2) is 23.8 Å². The molecule has 28 heavy (non-hydrogen) atoms. The number of aliphatic hydroxyl groups excluding tert-OH is 1. The maximum absolute atomic E-state index is 10.2. The Morgan fingerprint density at radius 1 is 1.39 bits per heavy atom. The molecule has 0 saturated carbocycles. The van der Waals surface area contributed by atoms with Gasteiger partial charge in [-0.1, -0.05) is 13.8 Å². The molecule has 4 rings (SSSR count). The Morgan fingerprint density at radius 3 is 3.04 bits per heavy atom. The van der Waals surface area contributed by atoms with Crippen LogP contribution in [0.2, 0.25) is 0 Å². The molecule has 3 aromatic rings. The van der Waals surface area contributed by atoms with Crippen LogP contribution in [0.5, 0.6) is 0 Å². The van der Waals surface area contributed by atoms with Crippen LogP contribution in [0.3, 0.4) is 0 Å². The van der Waals surface area contributed by atoms with E-state index in [0.29, 0.717) is 25.6 Å². The minimum absolute atomic E-state index is 0.223. The molecule has 1 aliphatic rings. The molecule has 0 aromatic carbocycles. The van der Waals surface area contributed by atoms with Gasteiger partial charge in [0.25, 0.3) is 0 Å². The van der Waals surface area contributed by atoms with E-state index in [2.05, 4.69) is 39.9 Å². The average molecular weight is 402 g/mol. The number of hydrogen-bond acceptors (Lipinski definition) is 8. The van der Waals surface area contributed by atoms with Crippen molar-refractivity contribution in [3.05, 3.63) is 34.4 Å². The molecule has 4 heterocycles. The van der Waals surface area contributed by atoms with Crippen LogP contribution in [0.25, 0.3) is 5.65 Å². The third-order valence-electron chi connectivity index (χ3n) is 5.16. The number of nitrogens with zero attached hydrogens (tertiary/aromatic N) is 4. The van der Waals surface area contributed by atoms with Crippen LogP contribution >= 0.6 is 11.3 Å². The molecule has 0 bridgehead atoms. The van der Waals surface area contributed by atoms with Crippen LogP contribution in [0, 0.1) is 5.92 Å². The molecule has 2 atom stereocenters. The highest BCUT2D eigenvalue weighted by Crippen LogP contribution is 2.25. The second-order valence-electron chi connectivity index (χ2n) is 7.50. The molecule has 1 aliphatic heterocycles. The molecule has 0 unspecified atom stereocenters. The van der Waals surface area contributed by atoms with Gasteiger partial charge in [0.15, 0.2) is 5.65 Å². The lowest BCUT2D eigenvalue weighted by Gasteiger charge is -2.28. The Bertz CT molecular complexity index is 909. The predicted molar refractivity (Wildman–Crippen MR) is 112 cm³/mol. The molecule has 3 aromatic heterocycles. The molecular weight excluding hydrogens is 374 g/mol. The summed E-state index contributed by atoms with van der Waals surface area (Å²) in [7, 11) is 0. The molecule has 150 valence electrons. The van der Waals surface area contributed by atoms with Gasteiger partial charge in [-0.2, -0.15) is 9.61 Å². The third-order valence-corrected chi connectivity index (χ3v) is 5.94. The van der Waals surface area contributed by atoms with Crippen LogP contribution in [-0.4, -0.2) is 50.4 Å². The summed E-state index contributed by atoms with van der Waals surface area (Å²) in [6, 6.07) is 1.98. The molecule has 9 heteroatoms. The minimum atomic E-state index is -0.325. The lowest BCUT2D eigenvalue weighted by molar-refractivity contribution is 0.0883. The van der Waals surface area contributed by atoms with Gasteiger partial charge in [-0.25, -0.2) is 9.97 Å². The Labute approximate surface area is 168 Å². The fourth-order valence-electron chi connectivity index (χ4n) is 3.48. The van der Waals surface area contributed by atoms with Crippen molar-refractivity contribution in [3.63, 3.8) is 0 Å². The van der Waals surface area contributed by atoms with E-state index in [-0.39, 0.29) is 12.0 Å². The molecule has 1 saturated heterocycles. The van der Waals surface area contributed by atoms with Crippen LogP contribution in [0.4, 0.5) is 11.6 Å². The normalized spacial score (nSPS) is 20.0. The summed E-state index contributed by atoms with van der Waals surface area (Å²) in [5.41, 5.74) is 1.97. The SMILES string of the molecule is CC(C)c1cnn2c(NCc3nccs3)cc(NC[C@H]3CCNC[C@@H]3O)nc12. The first-order valence-corrected chi connectivity index (χ1v) is 10.6. The van der Waals surface area contributed by atoms with Crippen LogP contribution in [-0.2, 0) is 6.54 Å². The first-order valence-electron chi connectivity index (χ1n) is 9.75. The van der Waals surface area contributed by atoms with Gasteiger partial charge < -0.3 is 21.1 Å². The topological polar surface area (TPSA) is 99.4 Å². The van der Waals surface area contributed by atoms with E-state index in [9.17, 15) is 5.11 Å². The Balaban J connectivity index is 1.58. The predicted octanol–water partition coefficient (Wildman–Crippen LogP) is 2.30. The molecule has 0 spiro atoms. The number of thiazole rings is 1. The molecule has 8 nitrogen and oxygen atoms in total. The smallest absolute Gasteiger partial charge is 0.163 e. The fourth-order valence-corrected chi connectivity index (χ4v) is 4.04. The van der Waals surface area contributed by atoms with E-state index < -0.39 is 0 Å². The lowest BCUT2D eigenvalue weighted by Crippen LogP contribution is -2.43. The van der Waals surface area contributed by atoms with Crippen molar-refractivity contribution in [1.82, 2.24) is 24.9 Å². The Hall–Kier alpha value is -2.23. The van der Waals surface area contributed by atoms with Crippen LogP contribution < -0.4 is 16.0 Å². The van der Waals surface area contributed by atoms with Gasteiger partial charge in [-0.3, -0.25) is 0 Å². The summed E-state index contributed by atoms with van der Waals surface area (Å²) in [5.74, 6) is 2.22. The third kappa shape index (κ3) is 4.11. The summed E-state index contributed by atoms with van der Waals surface area (Å²) in [5, 5.41) is 27.8. The summed E-state index contributed by atoms with van der Waals surface area (Å²) in [4.78, 5) is 9.15. The monoisotopic (exact) mass is 401 g/mol. The van der Waals surface area contributed by atoms with Gasteiger partial charge in [-0.05, 0) is 18.9 Å². The quantitative estimate of drug-likeness (QED) is 0.482. The largest absolute Gasteiger partial charge is 0.391 e. The van der Waals surface area contributed by atoms with Gasteiger partial charge in [-0.15, -0.1) is 11.3 Å². The van der Waals surface area contributed by atoms with Gasteiger partial charge in [0.1, 0.15) is 16.6 Å². The molecule has 1 fully saturated rings. The standard InChI is InChI=1S/C19H27N7OS/c1-12(2)14-9-24-26-17(23-11-18-21-5-6-28-18)7-16(25-19(14)26)22-8-13-3-4-20-10-15(13)27/h5-7,9,12-13,15,20,23,27H,3-4,8,10-11H2,1-2H3,(H,22,25)/t13-,15+/m1/s1. The Morgan fingerprint density at radius 2 is 2.29 bits per heavy atom. The maximum Gasteiger partial charge on any atom is 0.163 e. The molecule has 0 amide bonds. The van der Waals surface area contributed by atoms with E-state index in [1.165, 1.54) is 0 Å².